The molecule has 3 fully saturated rings. The highest BCUT2D eigenvalue weighted by Gasteiger charge is 2.63. The Hall–Kier alpha value is -1.68. The van der Waals surface area contributed by atoms with Gasteiger partial charge in [-0.3, -0.25) is 4.79 Å². The molecule has 2 amide bonds. The molecule has 3 N–H and O–H groups in total. The number of epoxide rings is 1. The van der Waals surface area contributed by atoms with Crippen LogP contribution >= 0.6 is 0 Å². The number of aliphatic hydroxyl groups excluding tert-OH is 1. The van der Waals surface area contributed by atoms with Crippen molar-refractivity contribution >= 4 is 12.0 Å². The molecule has 7 atom stereocenters. The van der Waals surface area contributed by atoms with Gasteiger partial charge in [-0.25, -0.2) is 4.79 Å². The third kappa shape index (κ3) is 7.68. The van der Waals surface area contributed by atoms with Crippen molar-refractivity contribution in [1.29, 1.82) is 0 Å². The molecule has 0 aromatic carbocycles. The molecule has 3 rings (SSSR count). The van der Waals surface area contributed by atoms with Crippen molar-refractivity contribution < 1.29 is 28.9 Å². The summed E-state index contributed by atoms with van der Waals surface area (Å²) in [5.41, 5.74) is 0.787. The van der Waals surface area contributed by atoms with E-state index in [2.05, 4.69) is 42.4 Å². The molecule has 0 bridgehead atoms. The number of amides is 2. The highest BCUT2D eigenvalue weighted by molar-refractivity contribution is 5.85. The number of nitrogens with one attached hydrogen (secondary N) is 2. The number of hydrogen-bond donors (Lipinski definition) is 3. The minimum Gasteiger partial charge on any atom is -0.443 e. The summed E-state index contributed by atoms with van der Waals surface area (Å²) in [4.78, 5) is 28.2. The fourth-order valence-electron chi connectivity index (χ4n) is 6.12. The zero-order valence-electron chi connectivity index (χ0n) is 23.6. The van der Waals surface area contributed by atoms with Gasteiger partial charge in [0.25, 0.3) is 0 Å². The number of aliphatic hydroxyl groups is 1. The number of rotatable bonds is 12. The summed E-state index contributed by atoms with van der Waals surface area (Å²) in [5, 5.41) is 15.9. The van der Waals surface area contributed by atoms with E-state index < -0.39 is 29.9 Å². The Bertz CT molecular complexity index is 795. The number of carbonyl (C=O) groups is 2. The van der Waals surface area contributed by atoms with Crippen molar-refractivity contribution in [1.82, 2.24) is 15.5 Å². The normalized spacial score (nSPS) is 32.6. The largest absolute Gasteiger partial charge is 0.443 e. The maximum atomic E-state index is 13.0. The zero-order valence-corrected chi connectivity index (χ0v) is 23.6. The van der Waals surface area contributed by atoms with E-state index >= 15 is 0 Å². The summed E-state index contributed by atoms with van der Waals surface area (Å²) in [6, 6.07) is -0.686. The fraction of sp³-hybridized carbons (Fsp3) is 0.857. The van der Waals surface area contributed by atoms with E-state index in [1.165, 1.54) is 18.4 Å². The molecule has 212 valence electrons. The van der Waals surface area contributed by atoms with E-state index in [9.17, 15) is 14.7 Å². The molecular formula is C28H49N3O6. The van der Waals surface area contributed by atoms with Gasteiger partial charge in [0.15, 0.2) is 0 Å². The second-order valence-electron chi connectivity index (χ2n) is 11.7. The van der Waals surface area contributed by atoms with Crippen molar-refractivity contribution in [2.75, 3.05) is 39.9 Å². The lowest BCUT2D eigenvalue weighted by Crippen LogP contribution is -2.55. The lowest BCUT2D eigenvalue weighted by atomic mass is 9.68. The Balaban J connectivity index is 1.59. The molecule has 0 spiro atoms. The lowest BCUT2D eigenvalue weighted by Gasteiger charge is -2.43. The molecule has 0 aromatic rings. The van der Waals surface area contributed by atoms with Crippen LogP contribution in [-0.4, -0.2) is 91.9 Å². The van der Waals surface area contributed by atoms with E-state index in [0.29, 0.717) is 19.4 Å². The average Bonchev–Trinajstić information content (AvgIpc) is 3.23. The van der Waals surface area contributed by atoms with Gasteiger partial charge in [0, 0.05) is 32.7 Å². The first-order valence-corrected chi connectivity index (χ1v) is 14.0. The number of alkyl carbamates (subject to hydrolysis) is 1. The molecule has 2 saturated heterocycles. The summed E-state index contributed by atoms with van der Waals surface area (Å²) < 4.78 is 17.9. The van der Waals surface area contributed by atoms with E-state index in [0.717, 1.165) is 26.1 Å². The van der Waals surface area contributed by atoms with Crippen LogP contribution in [0.15, 0.2) is 11.6 Å². The SMILES string of the molecule is COC1C(OC(=O)NC(C(=O)NCCN2CCCC2)C(C)C)CCC(CO)C1C1(C)OC1CC=C(C)C. The van der Waals surface area contributed by atoms with Gasteiger partial charge in [-0.1, -0.05) is 25.5 Å². The quantitative estimate of drug-likeness (QED) is 0.266. The smallest absolute Gasteiger partial charge is 0.408 e. The van der Waals surface area contributed by atoms with Gasteiger partial charge in [0.2, 0.25) is 5.91 Å². The minimum absolute atomic E-state index is 0.000591. The van der Waals surface area contributed by atoms with Crippen LogP contribution in [0.25, 0.3) is 0 Å². The number of allylic oxidation sites excluding steroid dienone is 1. The topological polar surface area (TPSA) is 113 Å². The fourth-order valence-corrected chi connectivity index (χ4v) is 6.12. The number of ether oxygens (including phenoxy) is 3. The summed E-state index contributed by atoms with van der Waals surface area (Å²) in [6.07, 6.45) is 5.19. The third-order valence-corrected chi connectivity index (χ3v) is 8.34. The highest BCUT2D eigenvalue weighted by Crippen LogP contribution is 2.53. The van der Waals surface area contributed by atoms with Gasteiger partial charge in [-0.05, 0) is 77.8 Å². The van der Waals surface area contributed by atoms with Crippen LogP contribution in [0.2, 0.25) is 0 Å². The Morgan fingerprint density at radius 2 is 1.92 bits per heavy atom. The van der Waals surface area contributed by atoms with Crippen molar-refractivity contribution in [3.63, 3.8) is 0 Å². The van der Waals surface area contributed by atoms with Crippen LogP contribution in [0.4, 0.5) is 4.79 Å². The van der Waals surface area contributed by atoms with Crippen molar-refractivity contribution in [3.8, 4) is 0 Å². The first kappa shape index (κ1) is 29.9. The van der Waals surface area contributed by atoms with Gasteiger partial charge < -0.3 is 34.9 Å². The van der Waals surface area contributed by atoms with Gasteiger partial charge in [0.05, 0.1) is 11.7 Å². The van der Waals surface area contributed by atoms with E-state index in [4.69, 9.17) is 14.2 Å². The predicted octanol–water partition coefficient (Wildman–Crippen LogP) is 2.87. The van der Waals surface area contributed by atoms with Crippen molar-refractivity contribution in [3.05, 3.63) is 11.6 Å². The summed E-state index contributed by atoms with van der Waals surface area (Å²) >= 11 is 0. The van der Waals surface area contributed by atoms with Crippen LogP contribution in [0.5, 0.6) is 0 Å². The van der Waals surface area contributed by atoms with Gasteiger partial charge in [-0.2, -0.15) is 0 Å². The average molecular weight is 524 g/mol. The van der Waals surface area contributed by atoms with Gasteiger partial charge in [-0.15, -0.1) is 0 Å². The Morgan fingerprint density at radius 3 is 2.51 bits per heavy atom. The van der Waals surface area contributed by atoms with Crippen LogP contribution in [0.1, 0.15) is 66.7 Å². The highest BCUT2D eigenvalue weighted by atomic mass is 16.6. The summed E-state index contributed by atoms with van der Waals surface area (Å²) in [6.45, 7) is 13.6. The number of hydrogen-bond acceptors (Lipinski definition) is 7. The van der Waals surface area contributed by atoms with E-state index in [1.807, 2.05) is 13.8 Å². The van der Waals surface area contributed by atoms with Crippen molar-refractivity contribution in [2.45, 2.75) is 96.7 Å². The second-order valence-corrected chi connectivity index (χ2v) is 11.7. The number of nitrogens with zero attached hydrogens (tertiary/aromatic N) is 1. The Morgan fingerprint density at radius 1 is 1.22 bits per heavy atom. The van der Waals surface area contributed by atoms with E-state index in [1.54, 1.807) is 7.11 Å². The maximum absolute atomic E-state index is 13.0. The first-order chi connectivity index (χ1) is 17.6. The van der Waals surface area contributed by atoms with E-state index in [-0.39, 0.29) is 36.4 Å². The first-order valence-electron chi connectivity index (χ1n) is 14.0. The molecule has 1 saturated carbocycles. The molecule has 2 heterocycles. The molecule has 9 nitrogen and oxygen atoms in total. The van der Waals surface area contributed by atoms with Gasteiger partial charge >= 0.3 is 6.09 Å². The Kier molecular flexibility index (Phi) is 10.8. The summed E-state index contributed by atoms with van der Waals surface area (Å²) in [7, 11) is 1.62. The molecule has 37 heavy (non-hydrogen) atoms. The summed E-state index contributed by atoms with van der Waals surface area (Å²) in [5.74, 6) is -0.402. The standard InChI is InChI=1S/C28H49N3O6/c1-18(2)9-12-22-28(5,37-22)23-20(17-32)10-11-21(25(23)35-6)36-27(34)30-24(19(3)4)26(33)29-13-16-31-14-7-8-15-31/h9,19-25,32H,7-8,10-17H2,1-6H3,(H,29,33)(H,30,34). The molecule has 0 aromatic heterocycles. The monoisotopic (exact) mass is 523 g/mol. The molecule has 0 radical (unpaired) electrons. The molecule has 7 unspecified atom stereocenters. The third-order valence-electron chi connectivity index (χ3n) is 8.34. The second kappa shape index (κ2) is 13.4. The van der Waals surface area contributed by atoms with Crippen molar-refractivity contribution in [2.24, 2.45) is 17.8 Å². The molecule has 1 aliphatic carbocycles. The predicted molar refractivity (Wildman–Crippen MR) is 142 cm³/mol. The lowest BCUT2D eigenvalue weighted by molar-refractivity contribution is -0.126. The van der Waals surface area contributed by atoms with Crippen LogP contribution in [-0.2, 0) is 19.0 Å². The molecule has 3 aliphatic rings. The van der Waals surface area contributed by atoms with Crippen LogP contribution < -0.4 is 10.6 Å². The maximum Gasteiger partial charge on any atom is 0.408 e. The molecule has 9 heteroatoms. The molecular weight excluding hydrogens is 474 g/mol. The van der Waals surface area contributed by atoms with Gasteiger partial charge in [0.1, 0.15) is 18.2 Å². The Labute approximate surface area is 222 Å². The zero-order chi connectivity index (χ0) is 27.2. The minimum atomic E-state index is -0.686. The number of methoxy groups -OCH3 is 1. The van der Waals surface area contributed by atoms with Crippen LogP contribution in [0, 0.1) is 17.8 Å². The van der Waals surface area contributed by atoms with Crippen LogP contribution in [0.3, 0.4) is 0 Å². The molecule has 2 aliphatic heterocycles. The number of likely N-dealkylation sites (tertiary alicyclic amines) is 1. The number of carbonyl (C=O) groups excluding carboxylic acids is 2.